The third kappa shape index (κ3) is 2.12. The van der Waals surface area contributed by atoms with Gasteiger partial charge in [0.2, 0.25) is 0 Å². The van der Waals surface area contributed by atoms with E-state index in [2.05, 4.69) is 61.1 Å². The van der Waals surface area contributed by atoms with E-state index in [9.17, 15) is 0 Å². The number of halogens is 2. The Morgan fingerprint density at radius 3 is 1.69 bits per heavy atom. The van der Waals surface area contributed by atoms with Gasteiger partial charge in [0, 0.05) is 30.8 Å². The van der Waals surface area contributed by atoms with Crippen LogP contribution >= 0.6 is 31.9 Å². The standard InChI is InChI=1S/C12H7Br2N.Na.H/c13-7-1-3-11-9(5-7)10-6-8(14)2-4-12(10)15-11;;/h1-6,15H;;/q;+1;-1. The molecule has 0 spiro atoms. The summed E-state index contributed by atoms with van der Waals surface area (Å²) < 4.78 is 2.21. The summed E-state index contributed by atoms with van der Waals surface area (Å²) in [7, 11) is 0. The Kier molecular flexibility index (Phi) is 3.82. The molecule has 2 aromatic carbocycles. The third-order valence-corrected chi connectivity index (χ3v) is 3.51. The van der Waals surface area contributed by atoms with E-state index in [4.69, 9.17) is 0 Å². The van der Waals surface area contributed by atoms with Gasteiger partial charge in [-0.3, -0.25) is 0 Å². The molecule has 0 aliphatic heterocycles. The van der Waals surface area contributed by atoms with Gasteiger partial charge in [-0.1, -0.05) is 31.9 Å². The van der Waals surface area contributed by atoms with Crippen LogP contribution in [0.1, 0.15) is 1.43 Å². The topological polar surface area (TPSA) is 15.8 Å². The van der Waals surface area contributed by atoms with E-state index >= 15 is 0 Å². The summed E-state index contributed by atoms with van der Waals surface area (Å²) in [6.07, 6.45) is 0. The molecule has 1 N–H and O–H groups in total. The van der Waals surface area contributed by atoms with Gasteiger partial charge in [-0.2, -0.15) is 0 Å². The average Bonchev–Trinajstić information content (AvgIpc) is 2.56. The molecule has 1 heterocycles. The predicted molar refractivity (Wildman–Crippen MR) is 72.3 cm³/mol. The van der Waals surface area contributed by atoms with E-state index in [-0.39, 0.29) is 31.0 Å². The fourth-order valence-electron chi connectivity index (χ4n) is 1.84. The van der Waals surface area contributed by atoms with Crippen molar-refractivity contribution < 1.29 is 31.0 Å². The molecule has 4 heteroatoms. The van der Waals surface area contributed by atoms with Gasteiger partial charge in [0.05, 0.1) is 0 Å². The largest absolute Gasteiger partial charge is 1.00 e. The van der Waals surface area contributed by atoms with Gasteiger partial charge in [-0.25, -0.2) is 0 Å². The Morgan fingerprint density at radius 1 is 0.812 bits per heavy atom. The van der Waals surface area contributed by atoms with Crippen molar-refractivity contribution in [1.82, 2.24) is 4.98 Å². The second kappa shape index (κ2) is 4.83. The molecule has 3 aromatic rings. The number of nitrogens with one attached hydrogen (secondary N) is 1. The van der Waals surface area contributed by atoms with E-state index in [1.165, 1.54) is 21.8 Å². The van der Waals surface area contributed by atoms with Crippen LogP contribution in [0.3, 0.4) is 0 Å². The number of aromatic nitrogens is 1. The van der Waals surface area contributed by atoms with Crippen molar-refractivity contribution in [2.45, 2.75) is 0 Å². The summed E-state index contributed by atoms with van der Waals surface area (Å²) in [5.74, 6) is 0. The molecule has 0 aliphatic carbocycles. The molecule has 1 aromatic heterocycles. The van der Waals surface area contributed by atoms with Crippen molar-refractivity contribution in [2.75, 3.05) is 0 Å². The minimum atomic E-state index is 0. The Morgan fingerprint density at radius 2 is 1.25 bits per heavy atom. The Balaban J connectivity index is 0.000000722. The van der Waals surface area contributed by atoms with Gasteiger partial charge in [-0.15, -0.1) is 0 Å². The van der Waals surface area contributed by atoms with Crippen molar-refractivity contribution in [3.8, 4) is 0 Å². The molecule has 0 radical (unpaired) electrons. The summed E-state index contributed by atoms with van der Waals surface area (Å²) in [6.45, 7) is 0. The monoisotopic (exact) mass is 347 g/mol. The van der Waals surface area contributed by atoms with Gasteiger partial charge >= 0.3 is 29.6 Å². The Hall–Kier alpha value is 0.200. The number of benzene rings is 2. The molecule has 76 valence electrons. The quantitative estimate of drug-likeness (QED) is 0.598. The first-order chi connectivity index (χ1) is 7.24. The van der Waals surface area contributed by atoms with Crippen LogP contribution in [0.5, 0.6) is 0 Å². The van der Waals surface area contributed by atoms with Crippen LogP contribution in [-0.4, -0.2) is 4.98 Å². The maximum atomic E-state index is 3.50. The van der Waals surface area contributed by atoms with E-state index < -0.39 is 0 Å². The molecule has 0 atom stereocenters. The molecular formula is C12H8Br2NNa. The number of rotatable bonds is 0. The second-order valence-corrected chi connectivity index (χ2v) is 5.34. The summed E-state index contributed by atoms with van der Waals surface area (Å²) in [5, 5.41) is 2.50. The minimum absolute atomic E-state index is 0. The van der Waals surface area contributed by atoms with Crippen LogP contribution in [0, 0.1) is 0 Å². The van der Waals surface area contributed by atoms with Crippen LogP contribution in [0.4, 0.5) is 0 Å². The van der Waals surface area contributed by atoms with E-state index in [0.29, 0.717) is 0 Å². The number of hydrogen-bond acceptors (Lipinski definition) is 0. The molecule has 0 saturated heterocycles. The Labute approximate surface area is 134 Å². The number of hydrogen-bond donors (Lipinski definition) is 1. The van der Waals surface area contributed by atoms with Crippen molar-refractivity contribution in [2.24, 2.45) is 0 Å². The van der Waals surface area contributed by atoms with Gasteiger partial charge < -0.3 is 6.41 Å². The van der Waals surface area contributed by atoms with E-state index in [1.54, 1.807) is 0 Å². The zero-order valence-corrected chi connectivity index (χ0v) is 13.9. The molecule has 0 amide bonds. The summed E-state index contributed by atoms with van der Waals surface area (Å²) in [4.78, 5) is 3.39. The fourth-order valence-corrected chi connectivity index (χ4v) is 2.56. The van der Waals surface area contributed by atoms with Crippen LogP contribution in [0.25, 0.3) is 21.8 Å². The van der Waals surface area contributed by atoms with Gasteiger partial charge in [0.15, 0.2) is 0 Å². The van der Waals surface area contributed by atoms with Crippen LogP contribution in [0.2, 0.25) is 0 Å². The molecule has 0 unspecified atom stereocenters. The first-order valence-electron chi connectivity index (χ1n) is 4.60. The first kappa shape index (κ1) is 12.7. The van der Waals surface area contributed by atoms with Crippen molar-refractivity contribution >= 4 is 53.7 Å². The maximum absolute atomic E-state index is 3.50. The number of aromatic amines is 1. The third-order valence-electron chi connectivity index (χ3n) is 2.52. The van der Waals surface area contributed by atoms with Crippen LogP contribution in [-0.2, 0) is 0 Å². The molecule has 1 nitrogen and oxygen atoms in total. The molecule has 3 rings (SSSR count). The van der Waals surface area contributed by atoms with Crippen molar-refractivity contribution in [3.05, 3.63) is 45.3 Å². The van der Waals surface area contributed by atoms with Gasteiger partial charge in [0.25, 0.3) is 0 Å². The number of fused-ring (bicyclic) bond motifs is 3. The molecule has 0 aliphatic rings. The van der Waals surface area contributed by atoms with Crippen LogP contribution in [0.15, 0.2) is 45.3 Å². The molecular weight excluding hydrogens is 341 g/mol. The van der Waals surface area contributed by atoms with E-state index in [0.717, 1.165) is 8.95 Å². The Bertz CT molecular complexity index is 610. The van der Waals surface area contributed by atoms with Crippen molar-refractivity contribution in [3.63, 3.8) is 0 Å². The molecule has 0 bridgehead atoms. The maximum Gasteiger partial charge on any atom is 1.00 e. The van der Waals surface area contributed by atoms with E-state index in [1.807, 2.05) is 12.1 Å². The SMILES string of the molecule is Brc1ccc2[nH]c3ccc(Br)cc3c2c1.[H-].[Na+]. The first-order valence-corrected chi connectivity index (χ1v) is 6.19. The second-order valence-electron chi connectivity index (χ2n) is 3.50. The molecule has 0 saturated carbocycles. The zero-order chi connectivity index (χ0) is 10.4. The number of H-pyrrole nitrogens is 1. The summed E-state index contributed by atoms with van der Waals surface area (Å²) in [6, 6.07) is 12.6. The van der Waals surface area contributed by atoms with Crippen LogP contribution < -0.4 is 29.6 Å². The summed E-state index contributed by atoms with van der Waals surface area (Å²) >= 11 is 6.99. The fraction of sp³-hybridized carbons (Fsp3) is 0. The summed E-state index contributed by atoms with van der Waals surface area (Å²) in [5.41, 5.74) is 2.35. The molecule has 0 fully saturated rings. The van der Waals surface area contributed by atoms with Gasteiger partial charge in [0.1, 0.15) is 0 Å². The molecule has 16 heavy (non-hydrogen) atoms. The van der Waals surface area contributed by atoms with Crippen molar-refractivity contribution in [1.29, 1.82) is 0 Å². The predicted octanol–water partition coefficient (Wildman–Crippen LogP) is 1.96. The average molecular weight is 349 g/mol. The minimum Gasteiger partial charge on any atom is -1.00 e. The normalized spacial score (nSPS) is 10.6. The zero-order valence-electron chi connectivity index (χ0n) is 9.72. The van der Waals surface area contributed by atoms with Gasteiger partial charge in [-0.05, 0) is 36.4 Å². The smallest absolute Gasteiger partial charge is 1.00 e.